The first-order valence-electron chi connectivity index (χ1n) is 6.23. The van der Waals surface area contributed by atoms with E-state index >= 15 is 0 Å². The average Bonchev–Trinajstić information content (AvgIpc) is 3.07. The van der Waals surface area contributed by atoms with Gasteiger partial charge in [-0.2, -0.15) is 0 Å². The maximum absolute atomic E-state index is 12.4. The second-order valence-corrected chi connectivity index (χ2v) is 6.20. The second-order valence-electron chi connectivity index (χ2n) is 6.20. The summed E-state index contributed by atoms with van der Waals surface area (Å²) in [5.74, 6) is 2.09. The Balaban J connectivity index is 1.55. The molecule has 3 heteroatoms. The van der Waals surface area contributed by atoms with E-state index in [0.717, 1.165) is 50.6 Å². The molecule has 1 aliphatic heterocycles. The number of carbonyl (C=O) groups is 1. The molecule has 1 saturated heterocycles. The molecule has 3 saturated carbocycles. The second kappa shape index (κ2) is 2.24. The molecular formula is C12H18N2O. The first-order chi connectivity index (χ1) is 7.15. The number of piperidine rings is 1. The fourth-order valence-corrected chi connectivity index (χ4v) is 3.53. The minimum Gasteiger partial charge on any atom is -0.342 e. The lowest BCUT2D eigenvalue weighted by Gasteiger charge is -2.28. The highest BCUT2D eigenvalue weighted by Gasteiger charge is 2.69. The lowest BCUT2D eigenvalue weighted by atomic mass is 9.92. The topological polar surface area (TPSA) is 46.3 Å². The summed E-state index contributed by atoms with van der Waals surface area (Å²) >= 11 is 0. The normalized spacial score (nSPS) is 42.3. The molecule has 2 unspecified atom stereocenters. The first kappa shape index (κ1) is 8.57. The minimum absolute atomic E-state index is 0.100. The standard InChI is InChI=1S/C12H18N2O/c13-12(3-4-12)11(1-2-11)10(15)14-6-8-5-9(8)7-14/h8-9H,1-7,13H2. The van der Waals surface area contributed by atoms with Crippen molar-refractivity contribution in [1.82, 2.24) is 4.90 Å². The Morgan fingerprint density at radius 2 is 1.73 bits per heavy atom. The third-order valence-corrected chi connectivity index (χ3v) is 5.17. The average molecular weight is 206 g/mol. The Labute approximate surface area is 90.0 Å². The van der Waals surface area contributed by atoms with E-state index in [1.165, 1.54) is 6.42 Å². The van der Waals surface area contributed by atoms with Crippen LogP contribution in [0.2, 0.25) is 0 Å². The first-order valence-corrected chi connectivity index (χ1v) is 6.23. The molecule has 2 atom stereocenters. The summed E-state index contributed by atoms with van der Waals surface area (Å²) in [6.07, 6.45) is 5.60. The third kappa shape index (κ3) is 0.975. The molecule has 0 aromatic carbocycles. The van der Waals surface area contributed by atoms with Gasteiger partial charge in [-0.15, -0.1) is 0 Å². The van der Waals surface area contributed by atoms with Gasteiger partial charge in [0.15, 0.2) is 0 Å². The van der Waals surface area contributed by atoms with E-state index in [1.54, 1.807) is 0 Å². The summed E-state index contributed by atoms with van der Waals surface area (Å²) < 4.78 is 0. The van der Waals surface area contributed by atoms with Crippen LogP contribution in [-0.2, 0) is 4.79 Å². The Kier molecular flexibility index (Phi) is 1.28. The molecule has 0 radical (unpaired) electrons. The van der Waals surface area contributed by atoms with Crippen molar-refractivity contribution in [1.29, 1.82) is 0 Å². The van der Waals surface area contributed by atoms with Crippen LogP contribution in [0.25, 0.3) is 0 Å². The highest BCUT2D eigenvalue weighted by molar-refractivity contribution is 5.88. The molecule has 0 bridgehead atoms. The molecule has 82 valence electrons. The SMILES string of the molecule is NC1(C2(C(=O)N3CC4CC4C3)CC2)CC1. The van der Waals surface area contributed by atoms with Crippen LogP contribution >= 0.6 is 0 Å². The number of rotatable bonds is 2. The van der Waals surface area contributed by atoms with Gasteiger partial charge in [-0.1, -0.05) is 0 Å². The minimum atomic E-state index is -0.107. The van der Waals surface area contributed by atoms with Crippen LogP contribution in [0.4, 0.5) is 0 Å². The molecule has 0 spiro atoms. The van der Waals surface area contributed by atoms with E-state index in [0.29, 0.717) is 5.91 Å². The van der Waals surface area contributed by atoms with E-state index in [4.69, 9.17) is 5.73 Å². The Morgan fingerprint density at radius 3 is 2.20 bits per heavy atom. The van der Waals surface area contributed by atoms with Gasteiger partial charge in [-0.25, -0.2) is 0 Å². The zero-order chi connectivity index (χ0) is 10.3. The van der Waals surface area contributed by atoms with Gasteiger partial charge in [-0.3, -0.25) is 4.79 Å². The van der Waals surface area contributed by atoms with Gasteiger partial charge in [0.05, 0.1) is 5.41 Å². The third-order valence-electron chi connectivity index (χ3n) is 5.17. The van der Waals surface area contributed by atoms with Gasteiger partial charge < -0.3 is 10.6 Å². The molecule has 0 aromatic rings. The number of hydrogen-bond donors (Lipinski definition) is 1. The van der Waals surface area contributed by atoms with Crippen LogP contribution in [0, 0.1) is 17.3 Å². The number of likely N-dealkylation sites (tertiary alicyclic amines) is 1. The maximum atomic E-state index is 12.4. The van der Waals surface area contributed by atoms with Crippen LogP contribution in [0.5, 0.6) is 0 Å². The highest BCUT2D eigenvalue weighted by Crippen LogP contribution is 2.64. The van der Waals surface area contributed by atoms with Gasteiger partial charge >= 0.3 is 0 Å². The molecule has 1 amide bonds. The van der Waals surface area contributed by atoms with Crippen LogP contribution < -0.4 is 5.73 Å². The van der Waals surface area contributed by atoms with E-state index < -0.39 is 0 Å². The van der Waals surface area contributed by atoms with Crippen molar-refractivity contribution >= 4 is 5.91 Å². The molecule has 1 heterocycles. The lowest BCUT2D eigenvalue weighted by molar-refractivity contribution is -0.137. The van der Waals surface area contributed by atoms with E-state index in [1.807, 2.05) is 0 Å². The molecule has 15 heavy (non-hydrogen) atoms. The Bertz CT molecular complexity index is 334. The van der Waals surface area contributed by atoms with Crippen molar-refractivity contribution in [3.05, 3.63) is 0 Å². The summed E-state index contributed by atoms with van der Waals surface area (Å²) in [5.41, 5.74) is 6.05. The van der Waals surface area contributed by atoms with Gasteiger partial charge in [0.25, 0.3) is 0 Å². The smallest absolute Gasteiger partial charge is 0.230 e. The largest absolute Gasteiger partial charge is 0.342 e. The predicted octanol–water partition coefficient (Wildman–Crippen LogP) is 0.736. The molecule has 4 fully saturated rings. The zero-order valence-electron chi connectivity index (χ0n) is 9.04. The van der Waals surface area contributed by atoms with Crippen LogP contribution in [0.1, 0.15) is 32.1 Å². The predicted molar refractivity (Wildman–Crippen MR) is 56.0 cm³/mol. The van der Waals surface area contributed by atoms with E-state index in [2.05, 4.69) is 4.90 Å². The Morgan fingerprint density at radius 1 is 1.13 bits per heavy atom. The zero-order valence-corrected chi connectivity index (χ0v) is 9.04. The fourth-order valence-electron chi connectivity index (χ4n) is 3.53. The fraction of sp³-hybridized carbons (Fsp3) is 0.917. The summed E-state index contributed by atoms with van der Waals surface area (Å²) in [7, 11) is 0. The van der Waals surface area contributed by atoms with E-state index in [9.17, 15) is 4.79 Å². The van der Waals surface area contributed by atoms with Crippen LogP contribution in [0.15, 0.2) is 0 Å². The van der Waals surface area contributed by atoms with E-state index in [-0.39, 0.29) is 11.0 Å². The number of nitrogens with two attached hydrogens (primary N) is 1. The molecule has 2 N–H and O–H groups in total. The summed E-state index contributed by atoms with van der Waals surface area (Å²) in [5, 5.41) is 0. The van der Waals surface area contributed by atoms with Crippen molar-refractivity contribution in [2.75, 3.05) is 13.1 Å². The molecule has 4 aliphatic rings. The number of fused-ring (bicyclic) bond motifs is 1. The van der Waals surface area contributed by atoms with Crippen LogP contribution in [0.3, 0.4) is 0 Å². The van der Waals surface area contributed by atoms with Crippen molar-refractivity contribution in [2.24, 2.45) is 23.0 Å². The molecule has 3 nitrogen and oxygen atoms in total. The highest BCUT2D eigenvalue weighted by atomic mass is 16.2. The summed E-state index contributed by atoms with van der Waals surface area (Å²) in [6, 6.07) is 0. The monoisotopic (exact) mass is 206 g/mol. The molecule has 4 rings (SSSR count). The van der Waals surface area contributed by atoms with Crippen LogP contribution in [-0.4, -0.2) is 29.4 Å². The molecular weight excluding hydrogens is 188 g/mol. The Hall–Kier alpha value is -0.570. The molecule has 3 aliphatic carbocycles. The van der Waals surface area contributed by atoms with Crippen molar-refractivity contribution in [2.45, 2.75) is 37.6 Å². The lowest BCUT2D eigenvalue weighted by Crippen LogP contribution is -2.47. The van der Waals surface area contributed by atoms with Gasteiger partial charge in [0.1, 0.15) is 0 Å². The number of nitrogens with zero attached hydrogens (tertiary/aromatic N) is 1. The summed E-state index contributed by atoms with van der Waals surface area (Å²) in [6.45, 7) is 2.06. The number of amides is 1. The van der Waals surface area contributed by atoms with Gasteiger partial charge in [0.2, 0.25) is 5.91 Å². The van der Waals surface area contributed by atoms with Crippen molar-refractivity contribution in [3.8, 4) is 0 Å². The van der Waals surface area contributed by atoms with Crippen molar-refractivity contribution < 1.29 is 4.79 Å². The maximum Gasteiger partial charge on any atom is 0.230 e. The van der Waals surface area contributed by atoms with Gasteiger partial charge in [-0.05, 0) is 43.9 Å². The van der Waals surface area contributed by atoms with Crippen molar-refractivity contribution in [3.63, 3.8) is 0 Å². The summed E-state index contributed by atoms with van der Waals surface area (Å²) in [4.78, 5) is 14.5. The number of hydrogen-bond acceptors (Lipinski definition) is 2. The number of carbonyl (C=O) groups excluding carboxylic acids is 1. The molecule has 0 aromatic heterocycles. The quantitative estimate of drug-likeness (QED) is 0.724. The van der Waals surface area contributed by atoms with Gasteiger partial charge in [0, 0.05) is 18.6 Å².